The number of nitrogens with zero attached hydrogens (tertiary/aromatic N) is 1. The number of carboxylic acid groups (broad SMARTS) is 1. The molecule has 0 spiro atoms. The summed E-state index contributed by atoms with van der Waals surface area (Å²) in [6.45, 7) is 14.2. The average molecular weight is 601 g/mol. The van der Waals surface area contributed by atoms with E-state index in [0.717, 1.165) is 41.1 Å². The van der Waals surface area contributed by atoms with Gasteiger partial charge in [-0.05, 0) is 70.4 Å². The predicted octanol–water partition coefficient (Wildman–Crippen LogP) is 7.77. The Labute approximate surface area is 256 Å². The van der Waals surface area contributed by atoms with Gasteiger partial charge in [-0.25, -0.2) is 4.98 Å². The number of aryl methyl sites for hydroxylation is 1. The average Bonchev–Trinajstić information content (AvgIpc) is 3.33. The number of ketones is 1. The van der Waals surface area contributed by atoms with Crippen LogP contribution in [0.25, 0.3) is 6.08 Å². The molecular weight excluding hydrogens is 548 g/mol. The number of Topliss-reactive ketones (excluding diaryl/α,β-unsaturated/α-hetero) is 1. The highest BCUT2D eigenvalue weighted by Crippen LogP contribution is 2.31. The first-order chi connectivity index (χ1) is 19.7. The molecule has 2 rings (SSSR count). The summed E-state index contributed by atoms with van der Waals surface area (Å²) in [6.07, 6.45) is 6.99. The number of carbonyl (C=O) groups is 2. The second kappa shape index (κ2) is 17.0. The molecular formula is C34H52N2O5S. The molecule has 1 aromatic carbocycles. The highest BCUT2D eigenvalue weighted by Gasteiger charge is 2.32. The van der Waals surface area contributed by atoms with Gasteiger partial charge in [0.1, 0.15) is 5.78 Å². The number of nitrogens with one attached hydrogen (secondary N) is 1. The van der Waals surface area contributed by atoms with Crippen LogP contribution < -0.4 is 5.48 Å². The van der Waals surface area contributed by atoms with Crippen LogP contribution in [-0.2, 0) is 21.0 Å². The summed E-state index contributed by atoms with van der Waals surface area (Å²) in [5, 5.41) is 23.3. The molecule has 0 radical (unpaired) electrons. The predicted molar refractivity (Wildman–Crippen MR) is 171 cm³/mol. The van der Waals surface area contributed by atoms with E-state index in [4.69, 9.17) is 9.94 Å². The lowest BCUT2D eigenvalue weighted by molar-refractivity contribution is -0.138. The SMILES string of the molecule is C/C(=C\c1csc(C)n1)[C@H](CC[C@](C)(O)CCCC(C)CC(C)C(=O)C(C)(C)CCC(=O)O)NOCc1ccccc1. The summed E-state index contributed by atoms with van der Waals surface area (Å²) in [6, 6.07) is 9.95. The fraction of sp³-hybridized carbons (Fsp3) is 0.618. The van der Waals surface area contributed by atoms with Crippen molar-refractivity contribution in [1.82, 2.24) is 10.5 Å². The number of benzene rings is 1. The highest BCUT2D eigenvalue weighted by atomic mass is 32.1. The van der Waals surface area contributed by atoms with Gasteiger partial charge in [-0.15, -0.1) is 11.3 Å². The minimum Gasteiger partial charge on any atom is -0.481 e. The van der Waals surface area contributed by atoms with Gasteiger partial charge in [0.25, 0.3) is 0 Å². The number of hydrogen-bond donors (Lipinski definition) is 3. The Bertz CT molecular complexity index is 1140. The van der Waals surface area contributed by atoms with Gasteiger partial charge in [-0.3, -0.25) is 14.4 Å². The lowest BCUT2D eigenvalue weighted by atomic mass is 9.75. The Morgan fingerprint density at radius 3 is 2.40 bits per heavy atom. The Morgan fingerprint density at radius 1 is 1.10 bits per heavy atom. The van der Waals surface area contributed by atoms with Gasteiger partial charge in [0.2, 0.25) is 0 Å². The van der Waals surface area contributed by atoms with Gasteiger partial charge in [0.15, 0.2) is 0 Å². The molecule has 0 saturated heterocycles. The largest absolute Gasteiger partial charge is 0.481 e. The molecule has 42 heavy (non-hydrogen) atoms. The Kier molecular flexibility index (Phi) is 14.5. The molecule has 8 heteroatoms. The summed E-state index contributed by atoms with van der Waals surface area (Å²) < 4.78 is 0. The molecule has 1 aromatic heterocycles. The van der Waals surface area contributed by atoms with Gasteiger partial charge in [-0.1, -0.05) is 76.4 Å². The fourth-order valence-corrected chi connectivity index (χ4v) is 5.98. The summed E-state index contributed by atoms with van der Waals surface area (Å²) >= 11 is 1.62. The minimum absolute atomic E-state index is 0.00544. The first-order valence-corrected chi connectivity index (χ1v) is 16.1. The van der Waals surface area contributed by atoms with Crippen molar-refractivity contribution >= 4 is 29.2 Å². The van der Waals surface area contributed by atoms with Crippen molar-refractivity contribution in [2.75, 3.05) is 0 Å². The fourth-order valence-electron chi connectivity index (χ4n) is 5.41. The normalized spacial score (nSPS) is 16.0. The lowest BCUT2D eigenvalue weighted by Crippen LogP contribution is -2.34. The Morgan fingerprint density at radius 2 is 1.79 bits per heavy atom. The molecule has 234 valence electrons. The standard InChI is InChI=1S/C34H52N2O5S/c1-24(20-26(3)32(39)33(5,6)18-16-31(37)38)12-11-17-34(7,40)19-15-30(25(2)21-29-23-42-27(4)35-29)36-41-22-28-13-9-8-10-14-28/h8-10,13-14,21,23-24,26,30,36,40H,11-12,15-20,22H2,1-7H3,(H,37,38)/b25-21+/t24?,26?,30-,34+/m0/s1. The number of hydrogen-bond acceptors (Lipinski definition) is 7. The molecule has 2 unspecified atom stereocenters. The molecule has 0 amide bonds. The van der Waals surface area contributed by atoms with Gasteiger partial charge in [0.05, 0.1) is 29.0 Å². The van der Waals surface area contributed by atoms with Crippen molar-refractivity contribution in [3.05, 3.63) is 57.6 Å². The summed E-state index contributed by atoms with van der Waals surface area (Å²) in [5.41, 5.74) is 4.89. The lowest BCUT2D eigenvalue weighted by Gasteiger charge is -2.29. The van der Waals surface area contributed by atoms with Crippen LogP contribution in [-0.4, -0.2) is 38.6 Å². The molecule has 7 nitrogen and oxygen atoms in total. The maximum Gasteiger partial charge on any atom is 0.303 e. The Hall–Kier alpha value is -2.39. The minimum atomic E-state index is -0.869. The maximum atomic E-state index is 13.0. The number of aromatic nitrogens is 1. The van der Waals surface area contributed by atoms with E-state index in [1.807, 2.05) is 70.3 Å². The first-order valence-electron chi connectivity index (χ1n) is 15.2. The maximum absolute atomic E-state index is 13.0. The smallest absolute Gasteiger partial charge is 0.303 e. The van der Waals surface area contributed by atoms with Crippen LogP contribution in [0.4, 0.5) is 0 Å². The highest BCUT2D eigenvalue weighted by molar-refractivity contribution is 7.09. The van der Waals surface area contributed by atoms with Crippen molar-refractivity contribution in [3.8, 4) is 0 Å². The van der Waals surface area contributed by atoms with E-state index < -0.39 is 17.0 Å². The molecule has 4 atom stereocenters. The van der Waals surface area contributed by atoms with Crippen LogP contribution in [0.1, 0.15) is 109 Å². The zero-order valence-electron chi connectivity index (χ0n) is 26.6. The van der Waals surface area contributed by atoms with Crippen molar-refractivity contribution in [2.45, 2.75) is 118 Å². The molecule has 0 bridgehead atoms. The van der Waals surface area contributed by atoms with E-state index in [1.54, 1.807) is 11.3 Å². The van der Waals surface area contributed by atoms with Crippen LogP contribution >= 0.6 is 11.3 Å². The van der Waals surface area contributed by atoms with Crippen LogP contribution in [0, 0.1) is 24.2 Å². The third-order valence-corrected chi connectivity index (χ3v) is 8.88. The van der Waals surface area contributed by atoms with Gasteiger partial charge < -0.3 is 10.2 Å². The molecule has 0 aliphatic heterocycles. The summed E-state index contributed by atoms with van der Waals surface area (Å²) in [4.78, 5) is 34.4. The molecule has 0 aliphatic rings. The topological polar surface area (TPSA) is 109 Å². The first kappa shape index (κ1) is 35.8. The second-order valence-electron chi connectivity index (χ2n) is 12.9. The number of carbonyl (C=O) groups excluding carboxylic acids is 1. The third kappa shape index (κ3) is 13.3. The zero-order chi connectivity index (χ0) is 31.3. The number of aliphatic carboxylic acids is 1. The number of hydroxylamine groups is 1. The van der Waals surface area contributed by atoms with Crippen LogP contribution in [0.15, 0.2) is 41.3 Å². The molecule has 0 saturated carbocycles. The number of rotatable bonds is 20. The van der Waals surface area contributed by atoms with Crippen LogP contribution in [0.3, 0.4) is 0 Å². The van der Waals surface area contributed by atoms with E-state index in [2.05, 4.69) is 30.4 Å². The molecule has 3 N–H and O–H groups in total. The van der Waals surface area contributed by atoms with Gasteiger partial charge >= 0.3 is 5.97 Å². The number of thiazole rings is 1. The van der Waals surface area contributed by atoms with Crippen LogP contribution in [0.5, 0.6) is 0 Å². The quantitative estimate of drug-likeness (QED) is 0.133. The number of aliphatic hydroxyl groups is 1. The van der Waals surface area contributed by atoms with E-state index in [-0.39, 0.29) is 24.2 Å². The molecule has 1 heterocycles. The second-order valence-corrected chi connectivity index (χ2v) is 14.0. The van der Waals surface area contributed by atoms with Crippen molar-refractivity contribution in [1.29, 1.82) is 0 Å². The Balaban J connectivity index is 1.88. The van der Waals surface area contributed by atoms with E-state index in [0.29, 0.717) is 38.2 Å². The summed E-state index contributed by atoms with van der Waals surface area (Å²) in [7, 11) is 0. The van der Waals surface area contributed by atoms with Crippen LogP contribution in [0.2, 0.25) is 0 Å². The van der Waals surface area contributed by atoms with Crippen molar-refractivity contribution in [2.24, 2.45) is 17.3 Å². The monoisotopic (exact) mass is 600 g/mol. The van der Waals surface area contributed by atoms with Gasteiger partial charge in [0, 0.05) is 23.1 Å². The molecule has 2 aromatic rings. The molecule has 0 aliphatic carbocycles. The molecule has 0 fully saturated rings. The van der Waals surface area contributed by atoms with E-state index in [1.165, 1.54) is 0 Å². The van der Waals surface area contributed by atoms with Gasteiger partial charge in [-0.2, -0.15) is 5.48 Å². The van der Waals surface area contributed by atoms with Crippen molar-refractivity contribution < 1.29 is 24.6 Å². The third-order valence-electron chi connectivity index (χ3n) is 8.09. The van der Waals surface area contributed by atoms with E-state index in [9.17, 15) is 14.7 Å². The zero-order valence-corrected chi connectivity index (χ0v) is 27.4. The van der Waals surface area contributed by atoms with Crippen molar-refractivity contribution in [3.63, 3.8) is 0 Å². The number of carboxylic acids is 1. The summed E-state index contributed by atoms with van der Waals surface area (Å²) in [5.74, 6) is -0.524. The van der Waals surface area contributed by atoms with E-state index >= 15 is 0 Å².